The Balaban J connectivity index is 2.35. The fourth-order valence-corrected chi connectivity index (χ4v) is 1.57. The molecule has 3 nitrogen and oxygen atoms in total. The van der Waals surface area contributed by atoms with E-state index in [9.17, 15) is 13.6 Å². The molecule has 1 amide bonds. The van der Waals surface area contributed by atoms with Crippen molar-refractivity contribution in [2.45, 2.75) is 19.8 Å². The minimum atomic E-state index is -0.604. The molecule has 18 heavy (non-hydrogen) atoms. The maximum Gasteiger partial charge on any atom is 0.220 e. The molecule has 0 bridgehead atoms. The van der Waals surface area contributed by atoms with Gasteiger partial charge in [0.1, 0.15) is 11.6 Å². The zero-order valence-corrected chi connectivity index (χ0v) is 10.4. The highest BCUT2D eigenvalue weighted by Gasteiger charge is 2.07. The molecule has 0 saturated heterocycles. The van der Waals surface area contributed by atoms with Crippen LogP contribution in [0, 0.1) is 17.6 Å². The molecular formula is C13H18F2N2O. The second kappa shape index (κ2) is 7.06. The number of rotatable bonds is 6. The van der Waals surface area contributed by atoms with E-state index in [-0.39, 0.29) is 11.8 Å². The van der Waals surface area contributed by atoms with E-state index in [0.717, 1.165) is 6.07 Å². The van der Waals surface area contributed by atoms with Crippen molar-refractivity contribution < 1.29 is 13.6 Å². The number of halogens is 2. The smallest absolute Gasteiger partial charge is 0.220 e. The average molecular weight is 256 g/mol. The summed E-state index contributed by atoms with van der Waals surface area (Å²) in [4.78, 5) is 11.4. The van der Waals surface area contributed by atoms with Gasteiger partial charge in [-0.15, -0.1) is 0 Å². The summed E-state index contributed by atoms with van der Waals surface area (Å²) in [6, 6.07) is 3.35. The lowest BCUT2D eigenvalue weighted by molar-refractivity contribution is -0.121. The van der Waals surface area contributed by atoms with Crippen molar-refractivity contribution >= 4 is 5.91 Å². The van der Waals surface area contributed by atoms with Gasteiger partial charge in [0.25, 0.3) is 0 Å². The number of amides is 1. The van der Waals surface area contributed by atoms with Crippen LogP contribution < -0.4 is 11.1 Å². The molecule has 0 fully saturated rings. The molecule has 0 heterocycles. The predicted molar refractivity (Wildman–Crippen MR) is 65.9 cm³/mol. The number of hydrogen-bond acceptors (Lipinski definition) is 2. The molecule has 1 rings (SSSR count). The third kappa shape index (κ3) is 5.23. The maximum atomic E-state index is 12.9. The fourth-order valence-electron chi connectivity index (χ4n) is 1.57. The Morgan fingerprint density at radius 1 is 1.33 bits per heavy atom. The molecule has 1 aromatic carbocycles. The topological polar surface area (TPSA) is 55.1 Å². The summed E-state index contributed by atoms with van der Waals surface area (Å²) in [6.07, 6.45) is 0.769. The van der Waals surface area contributed by atoms with Crippen LogP contribution in [0.3, 0.4) is 0 Å². The zero-order valence-electron chi connectivity index (χ0n) is 10.4. The quantitative estimate of drug-likeness (QED) is 0.812. The number of nitrogens with two attached hydrogens (primary N) is 1. The molecule has 1 aromatic rings. The summed E-state index contributed by atoms with van der Waals surface area (Å²) in [6.45, 7) is 2.71. The third-order valence-electron chi connectivity index (χ3n) is 2.59. The first-order chi connectivity index (χ1) is 8.51. The summed E-state index contributed by atoms with van der Waals surface area (Å²) in [7, 11) is 0. The monoisotopic (exact) mass is 256 g/mol. The van der Waals surface area contributed by atoms with Gasteiger partial charge < -0.3 is 11.1 Å². The van der Waals surface area contributed by atoms with E-state index in [4.69, 9.17) is 5.73 Å². The first-order valence-electron chi connectivity index (χ1n) is 5.93. The fraction of sp³-hybridized carbons (Fsp3) is 0.462. The molecule has 3 N–H and O–H groups in total. The second-order valence-corrected chi connectivity index (χ2v) is 4.42. The minimum absolute atomic E-state index is 0.0928. The highest BCUT2D eigenvalue weighted by molar-refractivity contribution is 5.76. The van der Waals surface area contributed by atoms with Crippen LogP contribution in [-0.2, 0) is 11.2 Å². The van der Waals surface area contributed by atoms with Crippen molar-refractivity contribution in [2.24, 2.45) is 11.7 Å². The van der Waals surface area contributed by atoms with Crippen LogP contribution >= 0.6 is 0 Å². The van der Waals surface area contributed by atoms with Gasteiger partial charge in [-0.2, -0.15) is 0 Å². The molecule has 0 aliphatic carbocycles. The highest BCUT2D eigenvalue weighted by Crippen LogP contribution is 2.08. The van der Waals surface area contributed by atoms with Crippen LogP contribution in [0.15, 0.2) is 18.2 Å². The molecule has 1 unspecified atom stereocenters. The SMILES string of the molecule is CC(CN)CC(=O)NCCc1cc(F)cc(F)c1. The molecule has 0 aliphatic heterocycles. The lowest BCUT2D eigenvalue weighted by Crippen LogP contribution is -2.28. The molecule has 5 heteroatoms. The first-order valence-corrected chi connectivity index (χ1v) is 5.93. The highest BCUT2D eigenvalue weighted by atomic mass is 19.1. The Morgan fingerprint density at radius 2 is 1.94 bits per heavy atom. The number of nitrogens with one attached hydrogen (secondary N) is 1. The summed E-state index contributed by atoms with van der Waals surface area (Å²) < 4.78 is 25.8. The van der Waals surface area contributed by atoms with E-state index in [1.807, 2.05) is 6.92 Å². The Labute approximate surface area is 105 Å². The van der Waals surface area contributed by atoms with Crippen LogP contribution in [-0.4, -0.2) is 19.0 Å². The number of carbonyl (C=O) groups is 1. The standard InChI is InChI=1S/C13H18F2N2O/c1-9(8-16)4-13(18)17-3-2-10-5-11(14)7-12(15)6-10/h5-7,9H,2-4,8,16H2,1H3,(H,17,18). The molecule has 1 atom stereocenters. The van der Waals surface area contributed by atoms with Crippen molar-refractivity contribution in [3.8, 4) is 0 Å². The van der Waals surface area contributed by atoms with Gasteiger partial charge in [0, 0.05) is 19.0 Å². The van der Waals surface area contributed by atoms with Gasteiger partial charge in [0.05, 0.1) is 0 Å². The van der Waals surface area contributed by atoms with Crippen LogP contribution in [0.4, 0.5) is 8.78 Å². The maximum absolute atomic E-state index is 12.9. The van der Waals surface area contributed by atoms with Crippen molar-refractivity contribution in [1.29, 1.82) is 0 Å². The number of benzene rings is 1. The van der Waals surface area contributed by atoms with Gasteiger partial charge in [0.15, 0.2) is 0 Å². The summed E-state index contributed by atoms with van der Waals surface area (Å²) in [5, 5.41) is 2.70. The van der Waals surface area contributed by atoms with Crippen LogP contribution in [0.25, 0.3) is 0 Å². The van der Waals surface area contributed by atoms with E-state index < -0.39 is 11.6 Å². The number of hydrogen-bond donors (Lipinski definition) is 2. The van der Waals surface area contributed by atoms with E-state index in [0.29, 0.717) is 31.5 Å². The van der Waals surface area contributed by atoms with E-state index in [1.54, 1.807) is 0 Å². The van der Waals surface area contributed by atoms with Crippen molar-refractivity contribution in [2.75, 3.05) is 13.1 Å². The Morgan fingerprint density at radius 3 is 2.50 bits per heavy atom. The zero-order chi connectivity index (χ0) is 13.5. The lowest BCUT2D eigenvalue weighted by atomic mass is 10.1. The van der Waals surface area contributed by atoms with E-state index >= 15 is 0 Å². The lowest BCUT2D eigenvalue weighted by Gasteiger charge is -2.09. The van der Waals surface area contributed by atoms with Crippen LogP contribution in [0.2, 0.25) is 0 Å². The molecule has 0 aliphatic rings. The van der Waals surface area contributed by atoms with Gasteiger partial charge in [-0.05, 0) is 36.6 Å². The summed E-state index contributed by atoms with van der Waals surface area (Å²) in [5.41, 5.74) is 5.94. The Bertz CT molecular complexity index is 390. The molecule has 0 radical (unpaired) electrons. The number of carbonyl (C=O) groups excluding carboxylic acids is 1. The van der Waals surface area contributed by atoms with Gasteiger partial charge in [-0.25, -0.2) is 8.78 Å². The van der Waals surface area contributed by atoms with Crippen LogP contribution in [0.1, 0.15) is 18.9 Å². The average Bonchev–Trinajstić information content (AvgIpc) is 2.27. The van der Waals surface area contributed by atoms with Crippen molar-refractivity contribution in [1.82, 2.24) is 5.32 Å². The van der Waals surface area contributed by atoms with E-state index in [1.165, 1.54) is 12.1 Å². The summed E-state index contributed by atoms with van der Waals surface area (Å²) in [5.74, 6) is -1.16. The van der Waals surface area contributed by atoms with Gasteiger partial charge in [-0.1, -0.05) is 6.92 Å². The van der Waals surface area contributed by atoms with Gasteiger partial charge in [-0.3, -0.25) is 4.79 Å². The molecule has 0 saturated carbocycles. The summed E-state index contributed by atoms with van der Waals surface area (Å²) >= 11 is 0. The Hall–Kier alpha value is -1.49. The molecular weight excluding hydrogens is 238 g/mol. The normalized spacial score (nSPS) is 12.2. The molecule has 0 aromatic heterocycles. The van der Waals surface area contributed by atoms with Gasteiger partial charge in [0.2, 0.25) is 5.91 Å². The molecule has 0 spiro atoms. The first kappa shape index (κ1) is 14.6. The second-order valence-electron chi connectivity index (χ2n) is 4.42. The third-order valence-corrected chi connectivity index (χ3v) is 2.59. The predicted octanol–water partition coefficient (Wildman–Crippen LogP) is 1.61. The van der Waals surface area contributed by atoms with E-state index in [2.05, 4.69) is 5.32 Å². The van der Waals surface area contributed by atoms with Crippen molar-refractivity contribution in [3.05, 3.63) is 35.4 Å². The largest absolute Gasteiger partial charge is 0.356 e. The minimum Gasteiger partial charge on any atom is -0.356 e. The van der Waals surface area contributed by atoms with Crippen LogP contribution in [0.5, 0.6) is 0 Å². The molecule has 100 valence electrons. The Kier molecular flexibility index (Phi) is 5.71. The van der Waals surface area contributed by atoms with Gasteiger partial charge >= 0.3 is 0 Å². The van der Waals surface area contributed by atoms with Crippen molar-refractivity contribution in [3.63, 3.8) is 0 Å².